The number of nitrogens with zero attached hydrogens (tertiary/aromatic N) is 1. The van der Waals surface area contributed by atoms with Gasteiger partial charge >= 0.3 is 0 Å². The lowest BCUT2D eigenvalue weighted by molar-refractivity contribution is -0.135. The molecule has 0 aromatic heterocycles. The first-order chi connectivity index (χ1) is 9.00. The van der Waals surface area contributed by atoms with Crippen LogP contribution >= 0.6 is 0 Å². The number of rotatable bonds is 8. The van der Waals surface area contributed by atoms with E-state index in [0.717, 1.165) is 0 Å². The second-order valence-corrected chi connectivity index (χ2v) is 4.67. The minimum absolute atomic E-state index is 0.0272. The molecule has 1 saturated heterocycles. The molecule has 2 amide bonds. The molecule has 0 aliphatic carbocycles. The van der Waals surface area contributed by atoms with E-state index < -0.39 is 0 Å². The molecule has 0 atom stereocenters. The molecule has 0 saturated carbocycles. The molecule has 1 aliphatic heterocycles. The molecule has 0 unspecified atom stereocenters. The second kappa shape index (κ2) is 7.09. The maximum Gasteiger partial charge on any atom is 0.239 e. The minimum atomic E-state index is -0.247. The molecular weight excluding hydrogens is 246 g/mol. The lowest BCUT2D eigenvalue weighted by atomic mass is 10.1. The standard InChI is InChI=1S/C12H21N5O2/c1-3-8-17(9-10(18)14-7-6-13)11(19)4-5-12(2)15-16-12/h1,15-16H,4-9,13H2,2H3,(H,14,18). The third kappa shape index (κ3) is 5.70. The average Bonchev–Trinajstić information content (AvgIpc) is 3.11. The summed E-state index contributed by atoms with van der Waals surface area (Å²) in [4.78, 5) is 24.9. The Labute approximate surface area is 113 Å². The Kier molecular flexibility index (Phi) is 5.76. The zero-order valence-corrected chi connectivity index (χ0v) is 11.2. The van der Waals surface area contributed by atoms with E-state index in [1.807, 2.05) is 6.92 Å². The summed E-state index contributed by atoms with van der Waals surface area (Å²) < 4.78 is 0. The van der Waals surface area contributed by atoms with E-state index in [0.29, 0.717) is 25.9 Å². The zero-order valence-electron chi connectivity index (χ0n) is 11.2. The first kappa shape index (κ1) is 15.4. The zero-order chi connectivity index (χ0) is 14.3. The van der Waals surface area contributed by atoms with Crippen molar-refractivity contribution in [2.45, 2.75) is 25.4 Å². The van der Waals surface area contributed by atoms with Crippen LogP contribution in [0.2, 0.25) is 0 Å². The predicted molar refractivity (Wildman–Crippen MR) is 71.4 cm³/mol. The number of hydrogen-bond acceptors (Lipinski definition) is 5. The van der Waals surface area contributed by atoms with Gasteiger partial charge in [-0.15, -0.1) is 6.42 Å². The van der Waals surface area contributed by atoms with Gasteiger partial charge in [0.2, 0.25) is 11.8 Å². The molecule has 5 N–H and O–H groups in total. The topological polar surface area (TPSA) is 119 Å². The fourth-order valence-corrected chi connectivity index (χ4v) is 1.53. The van der Waals surface area contributed by atoms with Gasteiger partial charge in [-0.25, -0.2) is 10.9 Å². The second-order valence-electron chi connectivity index (χ2n) is 4.67. The maximum atomic E-state index is 12.0. The number of carbonyl (C=O) groups is 2. The lowest BCUT2D eigenvalue weighted by Crippen LogP contribution is -2.42. The van der Waals surface area contributed by atoms with Gasteiger partial charge in [0.15, 0.2) is 0 Å². The molecule has 0 aromatic rings. The molecular formula is C12H21N5O2. The largest absolute Gasteiger partial charge is 0.353 e. The SMILES string of the molecule is C#CCN(CC(=O)NCCN)C(=O)CCC1(C)NN1. The van der Waals surface area contributed by atoms with Crippen LogP contribution in [0.4, 0.5) is 0 Å². The van der Waals surface area contributed by atoms with Crippen molar-refractivity contribution in [3.8, 4) is 12.3 Å². The van der Waals surface area contributed by atoms with Gasteiger partial charge in [-0.05, 0) is 13.3 Å². The molecule has 7 heteroatoms. The molecule has 0 spiro atoms. The highest BCUT2D eigenvalue weighted by Crippen LogP contribution is 2.16. The molecule has 1 fully saturated rings. The van der Waals surface area contributed by atoms with Crippen LogP contribution in [-0.2, 0) is 9.59 Å². The van der Waals surface area contributed by atoms with Gasteiger partial charge in [0.1, 0.15) is 6.54 Å². The number of hydrazine groups is 1. The number of nitrogens with two attached hydrogens (primary N) is 1. The van der Waals surface area contributed by atoms with E-state index in [4.69, 9.17) is 12.2 Å². The van der Waals surface area contributed by atoms with Crippen molar-refractivity contribution >= 4 is 11.8 Å². The number of carbonyl (C=O) groups excluding carboxylic acids is 2. The van der Waals surface area contributed by atoms with Gasteiger partial charge in [0.25, 0.3) is 0 Å². The molecule has 1 heterocycles. The van der Waals surface area contributed by atoms with E-state index in [9.17, 15) is 9.59 Å². The average molecular weight is 267 g/mol. The predicted octanol–water partition coefficient (Wildman–Crippen LogP) is -1.87. The molecule has 19 heavy (non-hydrogen) atoms. The highest BCUT2D eigenvalue weighted by molar-refractivity contribution is 5.85. The molecule has 1 rings (SSSR count). The molecule has 0 bridgehead atoms. The van der Waals surface area contributed by atoms with Crippen molar-refractivity contribution < 1.29 is 9.59 Å². The first-order valence-electron chi connectivity index (χ1n) is 6.23. The molecule has 0 aromatic carbocycles. The fraction of sp³-hybridized carbons (Fsp3) is 0.667. The summed E-state index contributed by atoms with van der Waals surface area (Å²) in [5, 5.41) is 2.61. The van der Waals surface area contributed by atoms with Crippen LogP contribution in [0.25, 0.3) is 0 Å². The Morgan fingerprint density at radius 2 is 2.16 bits per heavy atom. The summed E-state index contributed by atoms with van der Waals surface area (Å²) in [7, 11) is 0. The quantitative estimate of drug-likeness (QED) is 0.303. The smallest absolute Gasteiger partial charge is 0.239 e. The number of amides is 2. The monoisotopic (exact) mass is 267 g/mol. The molecule has 0 radical (unpaired) electrons. The van der Waals surface area contributed by atoms with Gasteiger partial charge in [0, 0.05) is 19.5 Å². The van der Waals surface area contributed by atoms with Crippen LogP contribution in [0.5, 0.6) is 0 Å². The highest BCUT2D eigenvalue weighted by atomic mass is 16.2. The Bertz CT molecular complexity index is 373. The van der Waals surface area contributed by atoms with Crippen molar-refractivity contribution in [1.82, 2.24) is 21.1 Å². The lowest BCUT2D eigenvalue weighted by Gasteiger charge is -2.20. The third-order valence-corrected chi connectivity index (χ3v) is 2.83. The van der Waals surface area contributed by atoms with Crippen molar-refractivity contribution in [2.24, 2.45) is 5.73 Å². The van der Waals surface area contributed by atoms with Gasteiger partial charge in [-0.1, -0.05) is 5.92 Å². The minimum Gasteiger partial charge on any atom is -0.353 e. The van der Waals surface area contributed by atoms with Crippen molar-refractivity contribution in [1.29, 1.82) is 0 Å². The van der Waals surface area contributed by atoms with E-state index in [1.165, 1.54) is 4.90 Å². The van der Waals surface area contributed by atoms with E-state index in [-0.39, 0.29) is 30.6 Å². The number of terminal acetylenes is 1. The van der Waals surface area contributed by atoms with E-state index >= 15 is 0 Å². The molecule has 1 aliphatic rings. The van der Waals surface area contributed by atoms with Crippen LogP contribution in [0, 0.1) is 12.3 Å². The van der Waals surface area contributed by atoms with Crippen LogP contribution in [0.1, 0.15) is 19.8 Å². The van der Waals surface area contributed by atoms with Crippen LogP contribution < -0.4 is 21.9 Å². The Hall–Kier alpha value is -1.62. The normalized spacial score (nSPS) is 15.4. The number of hydrogen-bond donors (Lipinski definition) is 4. The van der Waals surface area contributed by atoms with Crippen LogP contribution in [0.3, 0.4) is 0 Å². The summed E-state index contributed by atoms with van der Waals surface area (Å²) in [6.07, 6.45) is 6.20. The summed E-state index contributed by atoms with van der Waals surface area (Å²) in [6.45, 7) is 2.82. The maximum absolute atomic E-state index is 12.0. The third-order valence-electron chi connectivity index (χ3n) is 2.83. The Balaban J connectivity index is 2.39. The van der Waals surface area contributed by atoms with E-state index in [2.05, 4.69) is 22.1 Å². The van der Waals surface area contributed by atoms with Crippen LogP contribution in [-0.4, -0.2) is 48.6 Å². The highest BCUT2D eigenvalue weighted by Gasteiger charge is 2.36. The first-order valence-corrected chi connectivity index (χ1v) is 6.23. The molecule has 106 valence electrons. The van der Waals surface area contributed by atoms with Crippen molar-refractivity contribution in [3.63, 3.8) is 0 Å². The van der Waals surface area contributed by atoms with Gasteiger partial charge in [0.05, 0.1) is 12.2 Å². The Morgan fingerprint density at radius 3 is 2.68 bits per heavy atom. The summed E-state index contributed by atoms with van der Waals surface area (Å²) in [5.41, 5.74) is 11.0. The Morgan fingerprint density at radius 1 is 1.47 bits per heavy atom. The van der Waals surface area contributed by atoms with Gasteiger partial charge in [-0.3, -0.25) is 9.59 Å². The van der Waals surface area contributed by atoms with Gasteiger partial charge < -0.3 is 16.0 Å². The summed E-state index contributed by atoms with van der Waals surface area (Å²) in [5.74, 6) is 2.02. The van der Waals surface area contributed by atoms with Crippen molar-refractivity contribution in [2.75, 3.05) is 26.2 Å². The fourth-order valence-electron chi connectivity index (χ4n) is 1.53. The van der Waals surface area contributed by atoms with Crippen molar-refractivity contribution in [3.05, 3.63) is 0 Å². The van der Waals surface area contributed by atoms with E-state index in [1.54, 1.807) is 0 Å². The van der Waals surface area contributed by atoms with Gasteiger partial charge in [-0.2, -0.15) is 0 Å². The van der Waals surface area contributed by atoms with Crippen LogP contribution in [0.15, 0.2) is 0 Å². The number of nitrogens with one attached hydrogen (secondary N) is 3. The molecule has 7 nitrogen and oxygen atoms in total. The summed E-state index contributed by atoms with van der Waals surface area (Å²) in [6, 6.07) is 0. The summed E-state index contributed by atoms with van der Waals surface area (Å²) >= 11 is 0.